The number of thiophene rings is 1. The number of benzene rings is 7. The Morgan fingerprint density at radius 1 is 0.408 bits per heavy atom. The van der Waals surface area contributed by atoms with E-state index in [2.05, 4.69) is 138 Å². The second-order valence-corrected chi connectivity index (χ2v) is 14.0. The lowest BCUT2D eigenvalue weighted by atomic mass is 9.70. The molecule has 0 aliphatic heterocycles. The Morgan fingerprint density at radius 2 is 0.959 bits per heavy atom. The van der Waals surface area contributed by atoms with Gasteiger partial charge in [-0.3, -0.25) is 0 Å². The summed E-state index contributed by atoms with van der Waals surface area (Å²) in [4.78, 5) is 0. The van der Waals surface area contributed by atoms with Crippen LogP contribution in [0.1, 0.15) is 22.3 Å². The number of aromatic nitrogens is 2. The van der Waals surface area contributed by atoms with Gasteiger partial charge in [0.05, 0.1) is 5.41 Å². The zero-order valence-corrected chi connectivity index (χ0v) is 27.0. The van der Waals surface area contributed by atoms with E-state index in [1.54, 1.807) is 0 Å². The lowest BCUT2D eigenvalue weighted by Crippen LogP contribution is -2.26. The van der Waals surface area contributed by atoms with E-state index in [-0.39, 0.29) is 0 Å². The summed E-state index contributed by atoms with van der Waals surface area (Å²) in [6.45, 7) is 0. The van der Waals surface area contributed by atoms with Crippen LogP contribution in [-0.4, -0.2) is 10.2 Å². The van der Waals surface area contributed by atoms with Crippen LogP contribution in [0.3, 0.4) is 0 Å². The van der Waals surface area contributed by atoms with E-state index in [0.29, 0.717) is 11.8 Å². The largest absolute Gasteiger partial charge is 0.416 e. The third-order valence-electron chi connectivity index (χ3n) is 10.5. The van der Waals surface area contributed by atoms with Gasteiger partial charge in [-0.25, -0.2) is 0 Å². The smallest absolute Gasteiger partial charge is 0.248 e. The van der Waals surface area contributed by atoms with Gasteiger partial charge in [-0.2, -0.15) is 0 Å². The molecule has 0 amide bonds. The van der Waals surface area contributed by atoms with Crippen molar-refractivity contribution in [3.8, 4) is 56.3 Å². The summed E-state index contributed by atoms with van der Waals surface area (Å²) < 4.78 is 8.95. The van der Waals surface area contributed by atoms with Crippen molar-refractivity contribution in [2.45, 2.75) is 5.41 Å². The second kappa shape index (κ2) is 9.96. The van der Waals surface area contributed by atoms with Gasteiger partial charge in [-0.1, -0.05) is 121 Å². The van der Waals surface area contributed by atoms with Gasteiger partial charge in [0.25, 0.3) is 0 Å². The van der Waals surface area contributed by atoms with Gasteiger partial charge in [-0.05, 0) is 92.0 Å². The fourth-order valence-electron chi connectivity index (χ4n) is 8.45. The van der Waals surface area contributed by atoms with Crippen molar-refractivity contribution in [1.82, 2.24) is 10.2 Å². The Labute approximate surface area is 286 Å². The minimum absolute atomic E-state index is 0.500. The van der Waals surface area contributed by atoms with Gasteiger partial charge in [0.15, 0.2) is 0 Å². The van der Waals surface area contributed by atoms with Gasteiger partial charge in [0.2, 0.25) is 11.8 Å². The van der Waals surface area contributed by atoms with Gasteiger partial charge in [0.1, 0.15) is 0 Å². The van der Waals surface area contributed by atoms with Gasteiger partial charge in [0, 0.05) is 31.3 Å². The van der Waals surface area contributed by atoms with Gasteiger partial charge >= 0.3 is 0 Å². The highest BCUT2D eigenvalue weighted by Crippen LogP contribution is 2.63. The highest BCUT2D eigenvalue weighted by Gasteiger charge is 2.51. The van der Waals surface area contributed by atoms with Crippen molar-refractivity contribution in [2.75, 3.05) is 0 Å². The van der Waals surface area contributed by atoms with Crippen molar-refractivity contribution in [3.05, 3.63) is 180 Å². The molecule has 1 spiro atoms. The molecule has 0 fully saturated rings. The molecular weight excluding hydrogens is 617 g/mol. The molecule has 2 heterocycles. The third-order valence-corrected chi connectivity index (χ3v) is 11.7. The van der Waals surface area contributed by atoms with Crippen molar-refractivity contribution in [1.29, 1.82) is 0 Å². The molecule has 7 aromatic carbocycles. The molecule has 0 bridgehead atoms. The molecule has 0 saturated heterocycles. The maximum absolute atomic E-state index is 6.30. The van der Waals surface area contributed by atoms with E-state index < -0.39 is 5.41 Å². The minimum atomic E-state index is -0.500. The lowest BCUT2D eigenvalue weighted by Gasteiger charge is -2.31. The Hall–Kier alpha value is -6.10. The topological polar surface area (TPSA) is 38.9 Å². The summed E-state index contributed by atoms with van der Waals surface area (Å²) in [6, 6.07) is 57.1. The maximum atomic E-state index is 6.30. The number of hydrogen-bond donors (Lipinski definition) is 0. The highest BCUT2D eigenvalue weighted by molar-refractivity contribution is 7.26. The molecule has 2 aliphatic carbocycles. The Bertz CT molecular complexity index is 2740. The Balaban J connectivity index is 1.17. The molecular formula is C45H26N2OS. The Morgan fingerprint density at radius 3 is 1.71 bits per heavy atom. The van der Waals surface area contributed by atoms with Crippen LogP contribution in [0.15, 0.2) is 162 Å². The van der Waals surface area contributed by atoms with Crippen LogP contribution >= 0.6 is 11.3 Å². The maximum Gasteiger partial charge on any atom is 0.248 e. The molecule has 3 nitrogen and oxygen atoms in total. The van der Waals surface area contributed by atoms with Crippen LogP contribution in [0.5, 0.6) is 0 Å². The predicted octanol–water partition coefficient (Wildman–Crippen LogP) is 11.8. The summed E-state index contributed by atoms with van der Waals surface area (Å²) in [5, 5.41) is 11.6. The molecule has 11 rings (SSSR count). The Kier molecular flexibility index (Phi) is 5.47. The van der Waals surface area contributed by atoms with Crippen molar-refractivity contribution in [3.63, 3.8) is 0 Å². The van der Waals surface area contributed by atoms with Crippen molar-refractivity contribution >= 4 is 31.5 Å². The van der Waals surface area contributed by atoms with Crippen LogP contribution in [-0.2, 0) is 5.41 Å². The SMILES string of the molecule is c1ccc(-c2nnc(-c3ccc4c(c3)C3(c5ccccc5-c5ccccc53)c3cc(-c5cccc6c5sc5ccccc56)ccc3-4)o2)cc1. The first kappa shape index (κ1) is 26.9. The summed E-state index contributed by atoms with van der Waals surface area (Å²) >= 11 is 1.88. The molecule has 228 valence electrons. The molecule has 0 radical (unpaired) electrons. The number of fused-ring (bicyclic) bond motifs is 13. The predicted molar refractivity (Wildman–Crippen MR) is 200 cm³/mol. The summed E-state index contributed by atoms with van der Waals surface area (Å²) in [6.07, 6.45) is 0. The molecule has 0 saturated carbocycles. The molecule has 0 atom stereocenters. The summed E-state index contributed by atoms with van der Waals surface area (Å²) in [5.41, 5.74) is 14.0. The summed E-state index contributed by atoms with van der Waals surface area (Å²) in [5.74, 6) is 1.04. The highest BCUT2D eigenvalue weighted by atomic mass is 32.1. The van der Waals surface area contributed by atoms with Crippen LogP contribution in [0, 0.1) is 0 Å². The zero-order chi connectivity index (χ0) is 32.1. The molecule has 4 heteroatoms. The number of rotatable bonds is 3. The normalized spacial score (nSPS) is 13.5. The molecule has 0 N–H and O–H groups in total. The molecule has 0 unspecified atom stereocenters. The first-order valence-electron chi connectivity index (χ1n) is 16.6. The minimum Gasteiger partial charge on any atom is -0.416 e. The molecule has 2 aromatic heterocycles. The van der Waals surface area contributed by atoms with Crippen LogP contribution in [0.25, 0.3) is 76.5 Å². The summed E-state index contributed by atoms with van der Waals surface area (Å²) in [7, 11) is 0. The molecule has 2 aliphatic rings. The number of nitrogens with zero attached hydrogens (tertiary/aromatic N) is 2. The van der Waals surface area contributed by atoms with E-state index in [1.165, 1.54) is 75.8 Å². The van der Waals surface area contributed by atoms with Crippen LogP contribution in [0.4, 0.5) is 0 Å². The average molecular weight is 643 g/mol. The van der Waals surface area contributed by atoms with Crippen molar-refractivity contribution < 1.29 is 4.42 Å². The fourth-order valence-corrected chi connectivity index (χ4v) is 9.69. The monoisotopic (exact) mass is 642 g/mol. The third kappa shape index (κ3) is 3.61. The van der Waals surface area contributed by atoms with E-state index in [9.17, 15) is 0 Å². The van der Waals surface area contributed by atoms with Gasteiger partial charge in [-0.15, -0.1) is 21.5 Å². The average Bonchev–Trinajstić information content (AvgIpc) is 3.94. The van der Waals surface area contributed by atoms with Crippen LogP contribution < -0.4 is 0 Å². The van der Waals surface area contributed by atoms with E-state index in [1.807, 2.05) is 41.7 Å². The van der Waals surface area contributed by atoms with Gasteiger partial charge < -0.3 is 4.42 Å². The van der Waals surface area contributed by atoms with Crippen LogP contribution in [0.2, 0.25) is 0 Å². The second-order valence-electron chi connectivity index (χ2n) is 12.9. The standard InChI is InChI=1S/C45H26N2OS/c1-2-11-27(12-3-1)43-46-47-44(48-43)29-22-24-34-33-23-21-28(30-16-10-17-36-35-15-6-9-20-41(35)49-42(30)36)25-39(33)45(40(34)26-29)37-18-7-4-13-31(37)32-14-5-8-19-38(32)45/h1-26H. The first-order chi connectivity index (χ1) is 24.3. The molecule has 9 aromatic rings. The first-order valence-corrected chi connectivity index (χ1v) is 17.4. The lowest BCUT2D eigenvalue weighted by molar-refractivity contribution is 0.584. The quantitative estimate of drug-likeness (QED) is 0.192. The van der Waals surface area contributed by atoms with E-state index in [0.717, 1.165) is 11.1 Å². The van der Waals surface area contributed by atoms with E-state index in [4.69, 9.17) is 4.42 Å². The fraction of sp³-hybridized carbons (Fsp3) is 0.0222. The zero-order valence-electron chi connectivity index (χ0n) is 26.2. The number of hydrogen-bond acceptors (Lipinski definition) is 4. The van der Waals surface area contributed by atoms with E-state index >= 15 is 0 Å². The van der Waals surface area contributed by atoms with Crippen molar-refractivity contribution in [2.24, 2.45) is 0 Å². The molecule has 49 heavy (non-hydrogen) atoms.